The van der Waals surface area contributed by atoms with Gasteiger partial charge in [0, 0.05) is 10.4 Å². The number of para-hydroxylation sites is 1. The smallest absolute Gasteiger partial charge is 0.169 e. The van der Waals surface area contributed by atoms with Gasteiger partial charge in [-0.1, -0.05) is 42.5 Å². The predicted octanol–water partition coefficient (Wildman–Crippen LogP) is 5.20. The Hall–Kier alpha value is -2.39. The standard InChI is InChI=1S/C19H16O2S/c1-14(20)18-11-12-19(22-18)16-9-5-6-10-17(16)21-13-15-7-3-2-4-8-15/h2-12H,13H2,1H3. The van der Waals surface area contributed by atoms with Crippen LogP contribution in [0.1, 0.15) is 22.2 Å². The molecule has 0 unspecified atom stereocenters. The van der Waals surface area contributed by atoms with Gasteiger partial charge in [0.05, 0.1) is 4.88 Å². The highest BCUT2D eigenvalue weighted by molar-refractivity contribution is 7.17. The second-order valence-electron chi connectivity index (χ2n) is 4.99. The largest absolute Gasteiger partial charge is 0.488 e. The molecule has 3 heteroatoms. The zero-order valence-electron chi connectivity index (χ0n) is 12.3. The van der Waals surface area contributed by atoms with Crippen LogP contribution in [0.4, 0.5) is 0 Å². The summed E-state index contributed by atoms with van der Waals surface area (Å²) in [5.41, 5.74) is 2.16. The van der Waals surface area contributed by atoms with Crippen LogP contribution in [0.5, 0.6) is 5.75 Å². The predicted molar refractivity (Wildman–Crippen MR) is 90.5 cm³/mol. The van der Waals surface area contributed by atoms with E-state index in [1.165, 1.54) is 11.3 Å². The molecular weight excluding hydrogens is 292 g/mol. The zero-order valence-corrected chi connectivity index (χ0v) is 13.1. The van der Waals surface area contributed by atoms with Gasteiger partial charge in [-0.25, -0.2) is 0 Å². The lowest BCUT2D eigenvalue weighted by Gasteiger charge is -2.10. The van der Waals surface area contributed by atoms with E-state index in [0.29, 0.717) is 6.61 Å². The molecule has 0 aliphatic heterocycles. The molecule has 0 aliphatic rings. The fourth-order valence-electron chi connectivity index (χ4n) is 2.20. The van der Waals surface area contributed by atoms with Crippen LogP contribution in [0.3, 0.4) is 0 Å². The van der Waals surface area contributed by atoms with E-state index < -0.39 is 0 Å². The van der Waals surface area contributed by atoms with Gasteiger partial charge in [0.15, 0.2) is 5.78 Å². The van der Waals surface area contributed by atoms with E-state index in [1.54, 1.807) is 6.92 Å². The van der Waals surface area contributed by atoms with Crippen molar-refractivity contribution in [2.24, 2.45) is 0 Å². The van der Waals surface area contributed by atoms with Gasteiger partial charge in [0.2, 0.25) is 0 Å². The van der Waals surface area contributed by atoms with Crippen molar-refractivity contribution < 1.29 is 9.53 Å². The minimum Gasteiger partial charge on any atom is -0.488 e. The zero-order chi connectivity index (χ0) is 15.4. The second kappa shape index (κ2) is 6.58. The monoisotopic (exact) mass is 308 g/mol. The summed E-state index contributed by atoms with van der Waals surface area (Å²) in [6.07, 6.45) is 0. The normalized spacial score (nSPS) is 10.4. The van der Waals surface area contributed by atoms with Crippen molar-refractivity contribution in [1.29, 1.82) is 0 Å². The summed E-state index contributed by atoms with van der Waals surface area (Å²) in [6.45, 7) is 2.12. The lowest BCUT2D eigenvalue weighted by atomic mass is 10.1. The van der Waals surface area contributed by atoms with E-state index in [-0.39, 0.29) is 5.78 Å². The highest BCUT2D eigenvalue weighted by Crippen LogP contribution is 2.35. The number of Topliss-reactive ketones (excluding diaryl/α,β-unsaturated/α-hetero) is 1. The van der Waals surface area contributed by atoms with Crippen LogP contribution in [0.25, 0.3) is 10.4 Å². The summed E-state index contributed by atoms with van der Waals surface area (Å²) in [5, 5.41) is 0. The van der Waals surface area contributed by atoms with Crippen molar-refractivity contribution in [1.82, 2.24) is 0 Å². The number of benzene rings is 2. The van der Waals surface area contributed by atoms with Gasteiger partial charge in [-0.15, -0.1) is 11.3 Å². The first-order chi connectivity index (χ1) is 10.7. The molecular formula is C19H16O2S. The quantitative estimate of drug-likeness (QED) is 0.606. The first-order valence-electron chi connectivity index (χ1n) is 7.11. The number of carbonyl (C=O) groups is 1. The van der Waals surface area contributed by atoms with E-state index in [9.17, 15) is 4.79 Å². The lowest BCUT2D eigenvalue weighted by molar-refractivity contribution is 0.102. The Labute approximate surface area is 134 Å². The van der Waals surface area contributed by atoms with Gasteiger partial charge < -0.3 is 4.74 Å². The molecule has 0 aliphatic carbocycles. The Morgan fingerprint density at radius 3 is 2.41 bits per heavy atom. The van der Waals surface area contributed by atoms with Crippen LogP contribution in [0.15, 0.2) is 66.7 Å². The fourth-order valence-corrected chi connectivity index (χ4v) is 3.13. The van der Waals surface area contributed by atoms with Crippen LogP contribution in [0, 0.1) is 0 Å². The number of ether oxygens (including phenoxy) is 1. The van der Waals surface area contributed by atoms with Crippen LogP contribution in [0.2, 0.25) is 0 Å². The van der Waals surface area contributed by atoms with Crippen molar-refractivity contribution in [2.45, 2.75) is 13.5 Å². The van der Waals surface area contributed by atoms with Crippen molar-refractivity contribution in [3.05, 3.63) is 77.2 Å². The molecule has 0 fully saturated rings. The number of hydrogen-bond donors (Lipinski definition) is 0. The first kappa shape index (κ1) is 14.5. The minimum atomic E-state index is 0.0962. The number of thiophene rings is 1. The van der Waals surface area contributed by atoms with E-state index in [2.05, 4.69) is 0 Å². The molecule has 0 atom stereocenters. The minimum absolute atomic E-state index is 0.0962. The molecule has 22 heavy (non-hydrogen) atoms. The molecule has 3 rings (SSSR count). The van der Waals surface area contributed by atoms with Crippen LogP contribution < -0.4 is 4.74 Å². The molecule has 0 amide bonds. The number of ketones is 1. The second-order valence-corrected chi connectivity index (χ2v) is 6.07. The molecule has 110 valence electrons. The molecule has 1 aromatic heterocycles. The van der Waals surface area contributed by atoms with E-state index in [0.717, 1.165) is 26.6 Å². The maximum Gasteiger partial charge on any atom is 0.169 e. The highest BCUT2D eigenvalue weighted by atomic mass is 32.1. The lowest BCUT2D eigenvalue weighted by Crippen LogP contribution is -1.96. The molecule has 0 saturated carbocycles. The summed E-state index contributed by atoms with van der Waals surface area (Å²) >= 11 is 1.50. The molecule has 2 aromatic carbocycles. The molecule has 0 saturated heterocycles. The van der Waals surface area contributed by atoms with Crippen LogP contribution in [-0.2, 0) is 6.61 Å². The summed E-state index contributed by atoms with van der Waals surface area (Å²) < 4.78 is 5.97. The SMILES string of the molecule is CC(=O)c1ccc(-c2ccccc2OCc2ccccc2)s1. The molecule has 3 aromatic rings. The maximum atomic E-state index is 11.5. The number of carbonyl (C=O) groups excluding carboxylic acids is 1. The molecule has 0 bridgehead atoms. The van der Waals surface area contributed by atoms with Gasteiger partial charge >= 0.3 is 0 Å². The Morgan fingerprint density at radius 1 is 0.955 bits per heavy atom. The average molecular weight is 308 g/mol. The highest BCUT2D eigenvalue weighted by Gasteiger charge is 2.10. The summed E-state index contributed by atoms with van der Waals surface area (Å²) in [7, 11) is 0. The third-order valence-electron chi connectivity index (χ3n) is 3.34. The van der Waals surface area contributed by atoms with Gasteiger partial charge in [0.25, 0.3) is 0 Å². The summed E-state index contributed by atoms with van der Waals surface area (Å²) in [4.78, 5) is 13.3. The summed E-state index contributed by atoms with van der Waals surface area (Å²) in [5.74, 6) is 0.933. The van der Waals surface area contributed by atoms with Crippen molar-refractivity contribution in [2.75, 3.05) is 0 Å². The average Bonchev–Trinajstić information content (AvgIpc) is 3.04. The van der Waals surface area contributed by atoms with Gasteiger partial charge in [-0.3, -0.25) is 4.79 Å². The van der Waals surface area contributed by atoms with Gasteiger partial charge in [-0.05, 0) is 36.8 Å². The Bertz CT molecular complexity index is 775. The fraction of sp³-hybridized carbons (Fsp3) is 0.105. The van der Waals surface area contributed by atoms with Crippen molar-refractivity contribution in [3.63, 3.8) is 0 Å². The van der Waals surface area contributed by atoms with E-state index in [4.69, 9.17) is 4.74 Å². The van der Waals surface area contributed by atoms with Crippen molar-refractivity contribution >= 4 is 17.1 Å². The third-order valence-corrected chi connectivity index (χ3v) is 4.56. The topological polar surface area (TPSA) is 26.3 Å². The third kappa shape index (κ3) is 3.26. The Morgan fingerprint density at radius 2 is 1.68 bits per heavy atom. The Kier molecular flexibility index (Phi) is 4.35. The number of hydrogen-bond acceptors (Lipinski definition) is 3. The molecule has 2 nitrogen and oxygen atoms in total. The summed E-state index contributed by atoms with van der Waals surface area (Å²) in [6, 6.07) is 21.9. The van der Waals surface area contributed by atoms with Crippen LogP contribution in [-0.4, -0.2) is 5.78 Å². The maximum absolute atomic E-state index is 11.5. The van der Waals surface area contributed by atoms with E-state index >= 15 is 0 Å². The molecule has 0 N–H and O–H groups in total. The number of rotatable bonds is 5. The Balaban J connectivity index is 1.84. The van der Waals surface area contributed by atoms with Crippen molar-refractivity contribution in [3.8, 4) is 16.2 Å². The molecule has 0 radical (unpaired) electrons. The van der Waals surface area contributed by atoms with Gasteiger partial charge in [-0.2, -0.15) is 0 Å². The van der Waals surface area contributed by atoms with Gasteiger partial charge in [0.1, 0.15) is 12.4 Å². The van der Waals surface area contributed by atoms with Crippen LogP contribution >= 0.6 is 11.3 Å². The molecule has 1 heterocycles. The first-order valence-corrected chi connectivity index (χ1v) is 7.92. The van der Waals surface area contributed by atoms with E-state index in [1.807, 2.05) is 66.7 Å². The molecule has 0 spiro atoms.